The van der Waals surface area contributed by atoms with Crippen LogP contribution in [0.1, 0.15) is 33.6 Å². The Labute approximate surface area is 189 Å². The van der Waals surface area contributed by atoms with Crippen molar-refractivity contribution >= 4 is 34.8 Å². The highest BCUT2D eigenvalue weighted by Gasteiger charge is 2.30. The minimum Gasteiger partial charge on any atom is -0.478 e. The molecule has 2 aromatic carbocycles. The van der Waals surface area contributed by atoms with Gasteiger partial charge in [-0.2, -0.15) is 0 Å². The monoisotopic (exact) mass is 443 g/mol. The van der Waals surface area contributed by atoms with Crippen molar-refractivity contribution in [3.63, 3.8) is 0 Å². The number of hydrogen-bond donors (Lipinski definition) is 1. The lowest BCUT2D eigenvalue weighted by molar-refractivity contribution is -0.131. The van der Waals surface area contributed by atoms with Gasteiger partial charge in [0.15, 0.2) is 5.60 Å². The van der Waals surface area contributed by atoms with Crippen LogP contribution in [0.5, 0.6) is 5.75 Å². The van der Waals surface area contributed by atoms with Crippen molar-refractivity contribution in [2.45, 2.75) is 39.2 Å². The second-order valence-electron chi connectivity index (χ2n) is 8.19. The third-order valence-corrected chi connectivity index (χ3v) is 5.57. The molecule has 7 heteroatoms. The highest BCUT2D eigenvalue weighted by atomic mass is 35.5. The number of nitrogens with one attached hydrogen (secondary N) is 1. The zero-order valence-electron chi connectivity index (χ0n) is 18.4. The Balaban J connectivity index is 1.54. The van der Waals surface area contributed by atoms with E-state index in [2.05, 4.69) is 10.2 Å². The molecule has 1 heterocycles. The number of halogens is 1. The molecule has 166 valence electrons. The summed E-state index contributed by atoms with van der Waals surface area (Å²) in [5.74, 6) is 0.582. The van der Waals surface area contributed by atoms with Crippen LogP contribution in [-0.2, 0) is 9.59 Å². The predicted octanol–water partition coefficient (Wildman–Crippen LogP) is 4.58. The minimum absolute atomic E-state index is 0.238. The zero-order valence-corrected chi connectivity index (χ0v) is 19.1. The van der Waals surface area contributed by atoms with E-state index in [-0.39, 0.29) is 11.8 Å². The van der Waals surface area contributed by atoms with E-state index in [0.717, 1.165) is 38.3 Å². The Kier molecular flexibility index (Phi) is 7.44. The lowest BCUT2D eigenvalue weighted by Crippen LogP contribution is -2.48. The van der Waals surface area contributed by atoms with Gasteiger partial charge >= 0.3 is 0 Å². The van der Waals surface area contributed by atoms with Crippen LogP contribution < -0.4 is 15.0 Å². The summed E-state index contributed by atoms with van der Waals surface area (Å²) in [6.45, 7) is 8.59. The number of anilines is 2. The number of nitrogens with zero attached hydrogens (tertiary/aromatic N) is 2. The molecule has 3 rings (SSSR count). The average Bonchev–Trinajstić information content (AvgIpc) is 2.76. The molecule has 1 N–H and O–H groups in total. The molecule has 0 aromatic heterocycles. The van der Waals surface area contributed by atoms with Gasteiger partial charge in [0, 0.05) is 49.0 Å². The summed E-state index contributed by atoms with van der Waals surface area (Å²) in [6, 6.07) is 14.7. The fraction of sp³-hybridized carbons (Fsp3) is 0.417. The van der Waals surface area contributed by atoms with Gasteiger partial charge in [-0.1, -0.05) is 18.5 Å². The van der Waals surface area contributed by atoms with Crippen LogP contribution >= 0.6 is 11.6 Å². The largest absolute Gasteiger partial charge is 0.478 e. The van der Waals surface area contributed by atoms with E-state index in [1.165, 1.54) is 0 Å². The van der Waals surface area contributed by atoms with Crippen LogP contribution in [0.3, 0.4) is 0 Å². The van der Waals surface area contributed by atoms with Crippen LogP contribution in [0, 0.1) is 0 Å². The fourth-order valence-corrected chi connectivity index (χ4v) is 3.59. The van der Waals surface area contributed by atoms with Gasteiger partial charge in [0.25, 0.3) is 5.91 Å². The lowest BCUT2D eigenvalue weighted by Gasteiger charge is -2.36. The van der Waals surface area contributed by atoms with Crippen molar-refractivity contribution in [3.05, 3.63) is 53.6 Å². The van der Waals surface area contributed by atoms with Crippen LogP contribution in [0.4, 0.5) is 11.4 Å². The van der Waals surface area contributed by atoms with E-state index in [0.29, 0.717) is 22.9 Å². The molecule has 0 radical (unpaired) electrons. The van der Waals surface area contributed by atoms with Crippen LogP contribution in [0.25, 0.3) is 0 Å². The molecule has 31 heavy (non-hydrogen) atoms. The standard InChI is InChI=1S/C24H30ClN3O3/c1-4-5-22(29)28-16-14-27(15-17-28)20-10-8-19(9-11-20)26-23(30)24(2,3)31-21-12-6-18(25)7-13-21/h6-13H,4-5,14-17H2,1-3H3,(H,26,30). The maximum absolute atomic E-state index is 12.7. The minimum atomic E-state index is -1.05. The van der Waals surface area contributed by atoms with Gasteiger partial charge in [-0.15, -0.1) is 0 Å². The van der Waals surface area contributed by atoms with E-state index in [1.54, 1.807) is 38.1 Å². The molecule has 0 aliphatic carbocycles. The Morgan fingerprint density at radius 1 is 1.00 bits per heavy atom. The van der Waals surface area contributed by atoms with E-state index in [4.69, 9.17) is 16.3 Å². The summed E-state index contributed by atoms with van der Waals surface area (Å²) < 4.78 is 5.85. The summed E-state index contributed by atoms with van der Waals surface area (Å²) >= 11 is 5.90. The lowest BCUT2D eigenvalue weighted by atomic mass is 10.1. The molecule has 2 amide bonds. The maximum atomic E-state index is 12.7. The predicted molar refractivity (Wildman–Crippen MR) is 125 cm³/mol. The first-order valence-electron chi connectivity index (χ1n) is 10.7. The SMILES string of the molecule is CCCC(=O)N1CCN(c2ccc(NC(=O)C(C)(C)Oc3ccc(Cl)cc3)cc2)CC1. The molecule has 1 fully saturated rings. The molecular formula is C24H30ClN3O3. The Morgan fingerprint density at radius 2 is 1.61 bits per heavy atom. The second-order valence-corrected chi connectivity index (χ2v) is 8.62. The molecular weight excluding hydrogens is 414 g/mol. The maximum Gasteiger partial charge on any atom is 0.267 e. The van der Waals surface area contributed by atoms with Crippen molar-refractivity contribution < 1.29 is 14.3 Å². The Morgan fingerprint density at radius 3 is 2.19 bits per heavy atom. The number of ether oxygens (including phenoxy) is 1. The van der Waals surface area contributed by atoms with Crippen LogP contribution in [-0.4, -0.2) is 48.5 Å². The molecule has 1 aliphatic heterocycles. The molecule has 0 bridgehead atoms. The number of benzene rings is 2. The van der Waals surface area contributed by atoms with E-state index < -0.39 is 5.60 Å². The van der Waals surface area contributed by atoms with Gasteiger partial charge in [0.05, 0.1) is 0 Å². The van der Waals surface area contributed by atoms with Gasteiger partial charge in [0.2, 0.25) is 5.91 Å². The zero-order chi connectivity index (χ0) is 22.4. The van der Waals surface area contributed by atoms with Crippen molar-refractivity contribution in [3.8, 4) is 5.75 Å². The summed E-state index contributed by atoms with van der Waals surface area (Å²) in [7, 11) is 0. The summed E-state index contributed by atoms with van der Waals surface area (Å²) in [6.07, 6.45) is 1.50. The van der Waals surface area contributed by atoms with Crippen molar-refractivity contribution in [2.75, 3.05) is 36.4 Å². The summed E-state index contributed by atoms with van der Waals surface area (Å²) in [5, 5.41) is 3.53. The third-order valence-electron chi connectivity index (χ3n) is 5.32. The Bertz CT molecular complexity index is 889. The van der Waals surface area contributed by atoms with Crippen molar-refractivity contribution in [1.29, 1.82) is 0 Å². The normalized spacial score (nSPS) is 14.3. The van der Waals surface area contributed by atoms with Gasteiger partial charge in [-0.25, -0.2) is 0 Å². The number of piperazine rings is 1. The highest BCUT2D eigenvalue weighted by Crippen LogP contribution is 2.24. The molecule has 2 aromatic rings. The van der Waals surface area contributed by atoms with Gasteiger partial charge in [-0.05, 0) is 68.8 Å². The van der Waals surface area contributed by atoms with Gasteiger partial charge < -0.3 is 19.9 Å². The van der Waals surface area contributed by atoms with Crippen LogP contribution in [0.15, 0.2) is 48.5 Å². The number of amides is 2. The van der Waals surface area contributed by atoms with Crippen molar-refractivity contribution in [1.82, 2.24) is 4.90 Å². The Hall–Kier alpha value is -2.73. The van der Waals surface area contributed by atoms with Gasteiger partial charge in [0.1, 0.15) is 5.75 Å². The molecule has 0 spiro atoms. The molecule has 6 nitrogen and oxygen atoms in total. The second kappa shape index (κ2) is 10.1. The molecule has 1 saturated heterocycles. The topological polar surface area (TPSA) is 61.9 Å². The van der Waals surface area contributed by atoms with E-state index in [9.17, 15) is 9.59 Å². The van der Waals surface area contributed by atoms with E-state index >= 15 is 0 Å². The molecule has 0 atom stereocenters. The summed E-state index contributed by atoms with van der Waals surface area (Å²) in [4.78, 5) is 29.0. The highest BCUT2D eigenvalue weighted by molar-refractivity contribution is 6.30. The van der Waals surface area contributed by atoms with Crippen molar-refractivity contribution in [2.24, 2.45) is 0 Å². The number of carbonyl (C=O) groups excluding carboxylic acids is 2. The number of rotatable bonds is 7. The first-order valence-corrected chi connectivity index (χ1v) is 11.0. The first kappa shape index (κ1) is 22.9. The average molecular weight is 444 g/mol. The fourth-order valence-electron chi connectivity index (χ4n) is 3.47. The molecule has 0 saturated carbocycles. The summed E-state index contributed by atoms with van der Waals surface area (Å²) in [5.41, 5.74) is 0.740. The first-order chi connectivity index (χ1) is 14.8. The smallest absolute Gasteiger partial charge is 0.267 e. The van der Waals surface area contributed by atoms with E-state index in [1.807, 2.05) is 36.1 Å². The third kappa shape index (κ3) is 6.14. The number of carbonyl (C=O) groups is 2. The molecule has 0 unspecified atom stereocenters. The van der Waals surface area contributed by atoms with Gasteiger partial charge in [-0.3, -0.25) is 9.59 Å². The number of hydrogen-bond acceptors (Lipinski definition) is 4. The molecule has 1 aliphatic rings. The van der Waals surface area contributed by atoms with Crippen LogP contribution in [0.2, 0.25) is 5.02 Å². The quantitative estimate of drug-likeness (QED) is 0.680.